The summed E-state index contributed by atoms with van der Waals surface area (Å²) in [7, 11) is 1.62. The fourth-order valence-corrected chi connectivity index (χ4v) is 2.23. The van der Waals surface area contributed by atoms with Gasteiger partial charge in [-0.25, -0.2) is 4.79 Å². The van der Waals surface area contributed by atoms with Gasteiger partial charge in [-0.3, -0.25) is 4.79 Å². The van der Waals surface area contributed by atoms with E-state index in [4.69, 9.17) is 22.1 Å². The van der Waals surface area contributed by atoms with E-state index in [1.165, 1.54) is 30.0 Å². The minimum atomic E-state index is -0.942. The van der Waals surface area contributed by atoms with Crippen LogP contribution in [0.5, 0.6) is 0 Å². The third kappa shape index (κ3) is 4.02. The number of amides is 1. The molecule has 6 heteroatoms. The molecule has 0 fully saturated rings. The van der Waals surface area contributed by atoms with Gasteiger partial charge >= 0.3 is 5.97 Å². The number of halogens is 1. The molecule has 0 saturated heterocycles. The van der Waals surface area contributed by atoms with Crippen LogP contribution in [0.15, 0.2) is 48.5 Å². The molecule has 0 aliphatic heterocycles. The number of hydrogen-bond acceptors (Lipinski definition) is 4. The van der Waals surface area contributed by atoms with E-state index in [1.807, 2.05) is 18.2 Å². The Balaban J connectivity index is 2.07. The van der Waals surface area contributed by atoms with Crippen molar-refractivity contribution < 1.29 is 14.3 Å². The molecule has 2 aromatic rings. The zero-order chi connectivity index (χ0) is 17.0. The van der Waals surface area contributed by atoms with Crippen LogP contribution in [-0.2, 0) is 9.53 Å². The van der Waals surface area contributed by atoms with Crippen LogP contribution < -0.4 is 10.6 Å². The highest BCUT2D eigenvalue weighted by Crippen LogP contribution is 2.20. The van der Waals surface area contributed by atoms with Crippen molar-refractivity contribution in [2.24, 2.45) is 0 Å². The Morgan fingerprint density at radius 1 is 1.17 bits per heavy atom. The van der Waals surface area contributed by atoms with Crippen molar-refractivity contribution in [1.29, 1.82) is 0 Å². The second-order valence-electron chi connectivity index (χ2n) is 5.01. The summed E-state index contributed by atoms with van der Waals surface area (Å²) in [6.45, 7) is 1.52. The van der Waals surface area contributed by atoms with Gasteiger partial charge in [-0.15, -0.1) is 0 Å². The van der Waals surface area contributed by atoms with Gasteiger partial charge in [0.1, 0.15) is 0 Å². The van der Waals surface area contributed by atoms with E-state index >= 15 is 0 Å². The van der Waals surface area contributed by atoms with Crippen LogP contribution >= 0.6 is 11.6 Å². The number of anilines is 2. The first-order valence-electron chi connectivity index (χ1n) is 6.98. The van der Waals surface area contributed by atoms with Gasteiger partial charge < -0.3 is 15.4 Å². The van der Waals surface area contributed by atoms with Crippen LogP contribution in [0.3, 0.4) is 0 Å². The Morgan fingerprint density at radius 2 is 1.83 bits per heavy atom. The molecule has 5 nitrogen and oxygen atoms in total. The van der Waals surface area contributed by atoms with Gasteiger partial charge in [-0.2, -0.15) is 0 Å². The molecular formula is C17H17ClN2O3. The van der Waals surface area contributed by atoms with Crippen molar-refractivity contribution in [3.05, 3.63) is 59.1 Å². The number of esters is 1. The van der Waals surface area contributed by atoms with Gasteiger partial charge in [0.2, 0.25) is 0 Å². The lowest BCUT2D eigenvalue weighted by molar-refractivity contribution is -0.126. The number of ether oxygens (including phenoxy) is 1. The van der Waals surface area contributed by atoms with Crippen LogP contribution in [0.2, 0.25) is 5.02 Å². The summed E-state index contributed by atoms with van der Waals surface area (Å²) >= 11 is 5.79. The molecule has 0 saturated carbocycles. The summed E-state index contributed by atoms with van der Waals surface area (Å²) in [4.78, 5) is 25.9. The molecule has 0 aliphatic carbocycles. The van der Waals surface area contributed by atoms with Crippen LogP contribution in [0.1, 0.15) is 17.3 Å². The first-order chi connectivity index (χ1) is 10.9. The first-order valence-corrected chi connectivity index (χ1v) is 7.36. The zero-order valence-corrected chi connectivity index (χ0v) is 13.6. The molecule has 0 heterocycles. The number of likely N-dealkylation sites (N-methyl/N-ethyl adjacent to an activating group) is 1. The summed E-state index contributed by atoms with van der Waals surface area (Å²) in [5.41, 5.74) is 6.84. The van der Waals surface area contributed by atoms with Crippen molar-refractivity contribution in [2.75, 3.05) is 17.7 Å². The topological polar surface area (TPSA) is 72.6 Å². The van der Waals surface area contributed by atoms with Crippen molar-refractivity contribution in [2.45, 2.75) is 13.0 Å². The lowest BCUT2D eigenvalue weighted by Crippen LogP contribution is -2.37. The average molecular weight is 333 g/mol. The van der Waals surface area contributed by atoms with Gasteiger partial charge in [-0.05, 0) is 37.3 Å². The van der Waals surface area contributed by atoms with Gasteiger partial charge in [0.05, 0.1) is 5.56 Å². The molecule has 2 rings (SSSR count). The smallest absolute Gasteiger partial charge is 0.341 e. The van der Waals surface area contributed by atoms with E-state index < -0.39 is 12.1 Å². The monoisotopic (exact) mass is 332 g/mol. The molecular weight excluding hydrogens is 316 g/mol. The number of carbonyl (C=O) groups excluding carboxylic acids is 2. The largest absolute Gasteiger partial charge is 0.449 e. The van der Waals surface area contributed by atoms with Gasteiger partial charge in [-0.1, -0.05) is 29.8 Å². The molecule has 0 radical (unpaired) electrons. The van der Waals surface area contributed by atoms with Crippen LogP contribution in [0.25, 0.3) is 0 Å². The predicted molar refractivity (Wildman–Crippen MR) is 90.6 cm³/mol. The second kappa shape index (κ2) is 7.15. The number of hydrogen-bond donors (Lipinski definition) is 1. The quantitative estimate of drug-likeness (QED) is 0.689. The standard InChI is InChI=1S/C17H17ClN2O3/c1-11(16(21)20(2)13-6-4-3-5-7-13)23-17(22)14-9-8-12(18)10-15(14)19/h3-11H,19H2,1-2H3/t11-/m0/s1. The van der Waals surface area contributed by atoms with Crippen molar-refractivity contribution in [3.8, 4) is 0 Å². The Morgan fingerprint density at radius 3 is 2.43 bits per heavy atom. The summed E-state index contributed by atoms with van der Waals surface area (Å²) in [6, 6.07) is 13.6. The highest BCUT2D eigenvalue weighted by Gasteiger charge is 2.23. The van der Waals surface area contributed by atoms with E-state index in [0.717, 1.165) is 0 Å². The third-order valence-electron chi connectivity index (χ3n) is 3.34. The van der Waals surface area contributed by atoms with E-state index in [0.29, 0.717) is 10.7 Å². The molecule has 23 heavy (non-hydrogen) atoms. The summed E-state index contributed by atoms with van der Waals surface area (Å²) < 4.78 is 5.21. The lowest BCUT2D eigenvalue weighted by Gasteiger charge is -2.21. The number of carbonyl (C=O) groups is 2. The highest BCUT2D eigenvalue weighted by molar-refractivity contribution is 6.31. The molecule has 120 valence electrons. The van der Waals surface area contributed by atoms with Crippen molar-refractivity contribution in [3.63, 3.8) is 0 Å². The molecule has 1 amide bonds. The fourth-order valence-electron chi connectivity index (χ4n) is 2.05. The molecule has 0 spiro atoms. The maximum atomic E-state index is 12.3. The summed E-state index contributed by atoms with van der Waals surface area (Å²) in [5.74, 6) is -1.00. The van der Waals surface area contributed by atoms with Crippen LogP contribution in [0, 0.1) is 0 Å². The number of para-hydroxylation sites is 1. The minimum Gasteiger partial charge on any atom is -0.449 e. The lowest BCUT2D eigenvalue weighted by atomic mass is 10.2. The highest BCUT2D eigenvalue weighted by atomic mass is 35.5. The number of benzene rings is 2. The van der Waals surface area contributed by atoms with Crippen molar-refractivity contribution >= 4 is 34.9 Å². The van der Waals surface area contributed by atoms with E-state index in [9.17, 15) is 9.59 Å². The number of rotatable bonds is 4. The summed E-state index contributed by atoms with van der Waals surface area (Å²) in [5, 5.41) is 0.423. The Labute approximate surface area is 139 Å². The molecule has 0 bridgehead atoms. The van der Waals surface area contributed by atoms with Gasteiger partial charge in [0.25, 0.3) is 5.91 Å². The predicted octanol–water partition coefficient (Wildman–Crippen LogP) is 3.13. The molecule has 0 unspecified atom stereocenters. The number of nitrogens with two attached hydrogens (primary N) is 1. The van der Waals surface area contributed by atoms with Crippen molar-refractivity contribution in [1.82, 2.24) is 0 Å². The first kappa shape index (κ1) is 16.8. The average Bonchev–Trinajstić information content (AvgIpc) is 2.54. The minimum absolute atomic E-state index is 0.177. The second-order valence-corrected chi connectivity index (χ2v) is 5.45. The Hall–Kier alpha value is -2.53. The maximum absolute atomic E-state index is 12.3. The molecule has 1 atom stereocenters. The number of nitrogen functional groups attached to an aromatic ring is 1. The van der Waals surface area contributed by atoms with E-state index in [1.54, 1.807) is 19.2 Å². The molecule has 2 N–H and O–H groups in total. The third-order valence-corrected chi connectivity index (χ3v) is 3.57. The van der Waals surface area contributed by atoms with E-state index in [2.05, 4.69) is 0 Å². The van der Waals surface area contributed by atoms with E-state index in [-0.39, 0.29) is 17.2 Å². The molecule has 0 aliphatic rings. The SMILES string of the molecule is C[C@H](OC(=O)c1ccc(Cl)cc1N)C(=O)N(C)c1ccccc1. The normalized spacial score (nSPS) is 11.6. The van der Waals surface area contributed by atoms with Crippen LogP contribution in [0.4, 0.5) is 11.4 Å². The Kier molecular flexibility index (Phi) is 5.24. The molecule has 0 aromatic heterocycles. The zero-order valence-electron chi connectivity index (χ0n) is 12.8. The summed E-state index contributed by atoms with van der Waals surface area (Å²) in [6.07, 6.45) is -0.942. The Bertz CT molecular complexity index is 719. The van der Waals surface area contributed by atoms with Gasteiger partial charge in [0, 0.05) is 23.4 Å². The van der Waals surface area contributed by atoms with Crippen LogP contribution in [-0.4, -0.2) is 25.0 Å². The fraction of sp³-hybridized carbons (Fsp3) is 0.176. The molecule has 2 aromatic carbocycles. The maximum Gasteiger partial charge on any atom is 0.341 e. The van der Waals surface area contributed by atoms with Gasteiger partial charge in [0.15, 0.2) is 6.10 Å². The number of nitrogens with zero attached hydrogens (tertiary/aromatic N) is 1.